The van der Waals surface area contributed by atoms with Gasteiger partial charge in [-0.3, -0.25) is 14.9 Å². The van der Waals surface area contributed by atoms with Gasteiger partial charge in [-0.05, 0) is 37.9 Å². The van der Waals surface area contributed by atoms with Gasteiger partial charge in [-0.1, -0.05) is 24.9 Å². The van der Waals surface area contributed by atoms with Gasteiger partial charge in [0.1, 0.15) is 5.69 Å². The number of amides is 1. The minimum Gasteiger partial charge on any atom is -0.319 e. The van der Waals surface area contributed by atoms with Gasteiger partial charge in [0.05, 0.1) is 10.5 Å². The summed E-state index contributed by atoms with van der Waals surface area (Å²) in [5, 5.41) is 17.3. The molecule has 1 unspecified atom stereocenters. The Balaban J connectivity index is 2.25. The molecular weight excluding hydrogens is 294 g/mol. The number of carbonyl (C=O) groups is 1. The lowest BCUT2D eigenvalue weighted by molar-refractivity contribution is -0.383. The summed E-state index contributed by atoms with van der Waals surface area (Å²) >= 11 is 5.77. The Morgan fingerprint density at radius 2 is 2.33 bits per heavy atom. The van der Waals surface area contributed by atoms with Gasteiger partial charge in [-0.15, -0.1) is 0 Å². The van der Waals surface area contributed by atoms with Crippen molar-refractivity contribution in [2.75, 3.05) is 11.9 Å². The number of hydrogen-bond acceptors (Lipinski definition) is 4. The maximum Gasteiger partial charge on any atom is 0.294 e. The van der Waals surface area contributed by atoms with Crippen molar-refractivity contribution >= 4 is 28.9 Å². The molecule has 114 valence electrons. The number of benzene rings is 1. The largest absolute Gasteiger partial charge is 0.319 e. The second-order valence-electron chi connectivity index (χ2n) is 5.24. The molecule has 1 fully saturated rings. The summed E-state index contributed by atoms with van der Waals surface area (Å²) in [7, 11) is 0. The first kappa shape index (κ1) is 15.7. The maximum absolute atomic E-state index is 12.6. The zero-order valence-corrected chi connectivity index (χ0v) is 12.6. The Morgan fingerprint density at radius 1 is 1.57 bits per heavy atom. The lowest BCUT2D eigenvalue weighted by Crippen LogP contribution is -2.50. The molecule has 1 saturated heterocycles. The average molecular weight is 312 g/mol. The summed E-state index contributed by atoms with van der Waals surface area (Å²) in [4.78, 5) is 23.1. The molecule has 6 nitrogen and oxygen atoms in total. The molecule has 1 aromatic carbocycles. The Kier molecular flexibility index (Phi) is 4.80. The van der Waals surface area contributed by atoms with E-state index in [0.717, 1.165) is 25.8 Å². The number of nitrogens with zero attached hydrogens (tertiary/aromatic N) is 1. The van der Waals surface area contributed by atoms with Gasteiger partial charge in [0.2, 0.25) is 5.91 Å². The van der Waals surface area contributed by atoms with Crippen LogP contribution < -0.4 is 10.6 Å². The monoisotopic (exact) mass is 311 g/mol. The topological polar surface area (TPSA) is 84.3 Å². The third-order valence-corrected chi connectivity index (χ3v) is 3.99. The van der Waals surface area contributed by atoms with E-state index in [4.69, 9.17) is 11.6 Å². The molecule has 1 heterocycles. The van der Waals surface area contributed by atoms with E-state index in [-0.39, 0.29) is 22.3 Å². The first-order chi connectivity index (χ1) is 9.98. The van der Waals surface area contributed by atoms with Crippen LogP contribution in [0.2, 0.25) is 5.02 Å². The van der Waals surface area contributed by atoms with Crippen LogP contribution in [0.15, 0.2) is 18.2 Å². The average Bonchev–Trinajstić information content (AvgIpc) is 2.91. The first-order valence-electron chi connectivity index (χ1n) is 6.99. The minimum atomic E-state index is -0.623. The van der Waals surface area contributed by atoms with Crippen molar-refractivity contribution in [3.63, 3.8) is 0 Å². The van der Waals surface area contributed by atoms with Crippen LogP contribution in [-0.4, -0.2) is 22.9 Å². The maximum atomic E-state index is 12.6. The normalized spacial score (nSPS) is 21.2. The SMILES string of the molecule is CCCC1(C(=O)Nc2ccc(Cl)cc2[N+](=O)[O-])CCCN1. The summed E-state index contributed by atoms with van der Waals surface area (Å²) in [6, 6.07) is 4.23. The minimum absolute atomic E-state index is 0.179. The highest BCUT2D eigenvalue weighted by atomic mass is 35.5. The molecular formula is C14H18ClN3O3. The van der Waals surface area contributed by atoms with Crippen LogP contribution >= 0.6 is 11.6 Å². The fraction of sp³-hybridized carbons (Fsp3) is 0.500. The number of carbonyl (C=O) groups excluding carboxylic acids is 1. The third-order valence-electron chi connectivity index (χ3n) is 3.76. The fourth-order valence-corrected chi connectivity index (χ4v) is 2.92. The summed E-state index contributed by atoms with van der Waals surface area (Å²) in [5.74, 6) is -0.215. The molecule has 0 aliphatic carbocycles. The van der Waals surface area contributed by atoms with Crippen molar-refractivity contribution in [3.05, 3.63) is 33.3 Å². The van der Waals surface area contributed by atoms with Crippen molar-refractivity contribution in [1.29, 1.82) is 0 Å². The number of halogens is 1. The van der Waals surface area contributed by atoms with Gasteiger partial charge in [-0.25, -0.2) is 0 Å². The van der Waals surface area contributed by atoms with Crippen molar-refractivity contribution in [2.24, 2.45) is 0 Å². The third kappa shape index (κ3) is 3.33. The predicted octanol–water partition coefficient (Wildman–Crippen LogP) is 3.11. The van der Waals surface area contributed by atoms with Crippen LogP contribution in [0, 0.1) is 10.1 Å². The van der Waals surface area contributed by atoms with E-state index in [9.17, 15) is 14.9 Å². The first-order valence-corrected chi connectivity index (χ1v) is 7.37. The van der Waals surface area contributed by atoms with Gasteiger partial charge < -0.3 is 10.6 Å². The van der Waals surface area contributed by atoms with E-state index in [0.29, 0.717) is 6.42 Å². The van der Waals surface area contributed by atoms with E-state index in [1.54, 1.807) is 0 Å². The molecule has 1 aliphatic heterocycles. The Labute approximate surface area is 128 Å². The summed E-state index contributed by atoms with van der Waals surface area (Å²) in [6.45, 7) is 2.80. The standard InChI is InChI=1S/C14H18ClN3O3/c1-2-6-14(7-3-8-16-14)13(19)17-11-5-4-10(15)9-12(11)18(20)21/h4-5,9,16H,2-3,6-8H2,1H3,(H,17,19). The van der Waals surface area contributed by atoms with Crippen molar-refractivity contribution in [1.82, 2.24) is 5.32 Å². The van der Waals surface area contributed by atoms with Crippen LogP contribution in [0.25, 0.3) is 0 Å². The molecule has 21 heavy (non-hydrogen) atoms. The molecule has 1 aliphatic rings. The molecule has 1 amide bonds. The molecule has 0 spiro atoms. The zero-order valence-electron chi connectivity index (χ0n) is 11.8. The smallest absolute Gasteiger partial charge is 0.294 e. The quantitative estimate of drug-likeness (QED) is 0.646. The summed E-state index contributed by atoms with van der Waals surface area (Å²) < 4.78 is 0. The number of anilines is 1. The molecule has 2 rings (SSSR count). The number of rotatable bonds is 5. The number of nitrogens with one attached hydrogen (secondary N) is 2. The number of nitro groups is 1. The highest BCUT2D eigenvalue weighted by Gasteiger charge is 2.40. The van der Waals surface area contributed by atoms with Crippen molar-refractivity contribution in [2.45, 2.75) is 38.1 Å². The lowest BCUT2D eigenvalue weighted by Gasteiger charge is -2.27. The molecule has 2 N–H and O–H groups in total. The fourth-order valence-electron chi connectivity index (χ4n) is 2.76. The molecule has 0 bridgehead atoms. The Hall–Kier alpha value is -1.66. The van der Waals surface area contributed by atoms with Crippen LogP contribution in [0.3, 0.4) is 0 Å². The lowest BCUT2D eigenvalue weighted by atomic mass is 9.90. The highest BCUT2D eigenvalue weighted by molar-refractivity contribution is 6.31. The van der Waals surface area contributed by atoms with Gasteiger partial charge >= 0.3 is 0 Å². The van der Waals surface area contributed by atoms with Crippen LogP contribution in [-0.2, 0) is 4.79 Å². The second kappa shape index (κ2) is 6.41. The summed E-state index contributed by atoms with van der Waals surface area (Å²) in [6.07, 6.45) is 3.24. The van der Waals surface area contributed by atoms with Crippen molar-refractivity contribution < 1.29 is 9.72 Å². The van der Waals surface area contributed by atoms with E-state index in [1.807, 2.05) is 6.92 Å². The van der Waals surface area contributed by atoms with E-state index < -0.39 is 10.5 Å². The van der Waals surface area contributed by atoms with Crippen LogP contribution in [0.1, 0.15) is 32.6 Å². The van der Waals surface area contributed by atoms with E-state index in [1.165, 1.54) is 18.2 Å². The van der Waals surface area contributed by atoms with Crippen LogP contribution in [0.5, 0.6) is 0 Å². The van der Waals surface area contributed by atoms with E-state index >= 15 is 0 Å². The van der Waals surface area contributed by atoms with Gasteiger partial charge in [-0.2, -0.15) is 0 Å². The molecule has 1 aromatic rings. The van der Waals surface area contributed by atoms with Crippen molar-refractivity contribution in [3.8, 4) is 0 Å². The molecule has 0 saturated carbocycles. The number of hydrogen-bond donors (Lipinski definition) is 2. The van der Waals surface area contributed by atoms with Crippen LogP contribution in [0.4, 0.5) is 11.4 Å². The molecule has 0 aromatic heterocycles. The van der Waals surface area contributed by atoms with Gasteiger partial charge in [0.15, 0.2) is 0 Å². The van der Waals surface area contributed by atoms with Gasteiger partial charge in [0.25, 0.3) is 5.69 Å². The Bertz CT molecular complexity index is 556. The predicted molar refractivity (Wildman–Crippen MR) is 81.6 cm³/mol. The highest BCUT2D eigenvalue weighted by Crippen LogP contribution is 2.31. The zero-order chi connectivity index (χ0) is 15.5. The Morgan fingerprint density at radius 3 is 2.90 bits per heavy atom. The molecule has 7 heteroatoms. The molecule has 0 radical (unpaired) electrons. The number of nitro benzene ring substituents is 1. The molecule has 1 atom stereocenters. The van der Waals surface area contributed by atoms with Gasteiger partial charge in [0, 0.05) is 11.1 Å². The summed E-state index contributed by atoms with van der Waals surface area (Å²) in [5.41, 5.74) is -0.638. The van der Waals surface area contributed by atoms with E-state index in [2.05, 4.69) is 10.6 Å². The second-order valence-corrected chi connectivity index (χ2v) is 5.67.